The van der Waals surface area contributed by atoms with Crippen molar-refractivity contribution in [2.45, 2.75) is 71.8 Å². The maximum atomic E-state index is 3.42. The maximum Gasteiger partial charge on any atom is 0.00953 e. The molecule has 0 aromatic carbocycles. The molecule has 0 radical (unpaired) electrons. The van der Waals surface area contributed by atoms with Crippen LogP contribution in [0.5, 0.6) is 0 Å². The van der Waals surface area contributed by atoms with Gasteiger partial charge in [0.1, 0.15) is 0 Å². The van der Waals surface area contributed by atoms with Gasteiger partial charge in [-0.3, -0.25) is 0 Å². The molecule has 0 amide bonds. The summed E-state index contributed by atoms with van der Waals surface area (Å²) < 4.78 is 0. The van der Waals surface area contributed by atoms with Gasteiger partial charge in [0.15, 0.2) is 0 Å². The molecule has 1 aliphatic rings. The van der Waals surface area contributed by atoms with Gasteiger partial charge >= 0.3 is 0 Å². The topological polar surface area (TPSA) is 15.3 Å². The lowest BCUT2D eigenvalue weighted by atomic mass is 9.80. The summed E-state index contributed by atoms with van der Waals surface area (Å²) in [7, 11) is 2.09. The molecule has 2 nitrogen and oxygen atoms in total. The molecular weight excluding hydrogens is 220 g/mol. The first-order valence-corrected chi connectivity index (χ1v) is 8.10. The predicted octanol–water partition coefficient (Wildman–Crippen LogP) is 3.67. The SMILES string of the molecule is CCN(CC(CC)(CC)CNC)C1CCCCC1. The third-order valence-corrected chi connectivity index (χ3v) is 5.09. The monoisotopic (exact) mass is 254 g/mol. The fraction of sp³-hybridized carbons (Fsp3) is 1.00. The van der Waals surface area contributed by atoms with Crippen molar-refractivity contribution in [1.29, 1.82) is 0 Å². The average Bonchev–Trinajstić information content (AvgIpc) is 2.44. The second-order valence-corrected chi connectivity index (χ2v) is 6.09. The van der Waals surface area contributed by atoms with Crippen molar-refractivity contribution in [1.82, 2.24) is 10.2 Å². The van der Waals surface area contributed by atoms with Gasteiger partial charge in [-0.1, -0.05) is 40.0 Å². The van der Waals surface area contributed by atoms with Gasteiger partial charge in [0.2, 0.25) is 0 Å². The summed E-state index contributed by atoms with van der Waals surface area (Å²) in [5, 5.41) is 3.42. The van der Waals surface area contributed by atoms with Gasteiger partial charge in [0.25, 0.3) is 0 Å². The van der Waals surface area contributed by atoms with E-state index in [2.05, 4.69) is 38.0 Å². The molecule has 0 aromatic rings. The molecule has 1 aliphatic carbocycles. The lowest BCUT2D eigenvalue weighted by Gasteiger charge is -2.41. The Balaban J connectivity index is 2.62. The zero-order valence-electron chi connectivity index (χ0n) is 13.1. The molecule has 0 bridgehead atoms. The van der Waals surface area contributed by atoms with Crippen LogP contribution >= 0.6 is 0 Å². The molecule has 0 atom stereocenters. The minimum Gasteiger partial charge on any atom is -0.319 e. The van der Waals surface area contributed by atoms with E-state index in [1.165, 1.54) is 58.0 Å². The van der Waals surface area contributed by atoms with Gasteiger partial charge < -0.3 is 10.2 Å². The summed E-state index contributed by atoms with van der Waals surface area (Å²) in [6.45, 7) is 10.7. The molecule has 0 heterocycles. The van der Waals surface area contributed by atoms with E-state index < -0.39 is 0 Å². The number of nitrogens with zero attached hydrogens (tertiary/aromatic N) is 1. The van der Waals surface area contributed by atoms with Crippen molar-refractivity contribution in [3.63, 3.8) is 0 Å². The highest BCUT2D eigenvalue weighted by molar-refractivity contribution is 4.85. The molecule has 0 unspecified atom stereocenters. The van der Waals surface area contributed by atoms with Crippen LogP contribution in [0.2, 0.25) is 0 Å². The van der Waals surface area contributed by atoms with Crippen LogP contribution in [0, 0.1) is 5.41 Å². The highest BCUT2D eigenvalue weighted by atomic mass is 15.2. The Bertz CT molecular complexity index is 205. The van der Waals surface area contributed by atoms with Gasteiger partial charge in [-0.2, -0.15) is 0 Å². The van der Waals surface area contributed by atoms with Crippen LogP contribution in [0.15, 0.2) is 0 Å². The lowest BCUT2D eigenvalue weighted by Crippen LogP contribution is -2.47. The van der Waals surface area contributed by atoms with E-state index >= 15 is 0 Å². The average molecular weight is 254 g/mol. The fourth-order valence-electron chi connectivity index (χ4n) is 3.53. The molecule has 18 heavy (non-hydrogen) atoms. The number of hydrogen-bond donors (Lipinski definition) is 1. The molecule has 0 spiro atoms. The van der Waals surface area contributed by atoms with Gasteiger partial charge in [-0.25, -0.2) is 0 Å². The van der Waals surface area contributed by atoms with E-state index in [0.717, 1.165) is 12.6 Å². The van der Waals surface area contributed by atoms with E-state index in [1.807, 2.05) is 0 Å². The van der Waals surface area contributed by atoms with Crippen molar-refractivity contribution in [3.05, 3.63) is 0 Å². The first-order valence-electron chi connectivity index (χ1n) is 8.10. The summed E-state index contributed by atoms with van der Waals surface area (Å²) in [5.74, 6) is 0. The van der Waals surface area contributed by atoms with Crippen molar-refractivity contribution >= 4 is 0 Å². The van der Waals surface area contributed by atoms with Gasteiger partial charge in [0, 0.05) is 19.1 Å². The Morgan fingerprint density at radius 2 is 1.67 bits per heavy atom. The van der Waals surface area contributed by atoms with Crippen LogP contribution in [0.1, 0.15) is 65.7 Å². The number of hydrogen-bond acceptors (Lipinski definition) is 2. The van der Waals surface area contributed by atoms with Crippen molar-refractivity contribution in [2.75, 3.05) is 26.7 Å². The molecule has 0 aliphatic heterocycles. The van der Waals surface area contributed by atoms with Crippen LogP contribution < -0.4 is 5.32 Å². The van der Waals surface area contributed by atoms with E-state index in [9.17, 15) is 0 Å². The second kappa shape index (κ2) is 8.16. The van der Waals surface area contributed by atoms with Gasteiger partial charge in [-0.05, 0) is 44.7 Å². The molecule has 1 N–H and O–H groups in total. The summed E-state index contributed by atoms with van der Waals surface area (Å²) in [6.07, 6.45) is 9.77. The summed E-state index contributed by atoms with van der Waals surface area (Å²) in [5.41, 5.74) is 0.474. The summed E-state index contributed by atoms with van der Waals surface area (Å²) in [4.78, 5) is 2.77. The zero-order valence-corrected chi connectivity index (χ0v) is 13.1. The highest BCUT2D eigenvalue weighted by Crippen LogP contribution is 2.30. The van der Waals surface area contributed by atoms with Crippen LogP contribution in [0.4, 0.5) is 0 Å². The third-order valence-electron chi connectivity index (χ3n) is 5.09. The minimum atomic E-state index is 0.474. The Labute approximate surface area is 115 Å². The minimum absolute atomic E-state index is 0.474. The molecule has 1 fully saturated rings. The third kappa shape index (κ3) is 4.24. The summed E-state index contributed by atoms with van der Waals surface area (Å²) in [6, 6.07) is 0.859. The highest BCUT2D eigenvalue weighted by Gasteiger charge is 2.30. The second-order valence-electron chi connectivity index (χ2n) is 6.09. The van der Waals surface area contributed by atoms with Gasteiger partial charge in [-0.15, -0.1) is 0 Å². The molecule has 108 valence electrons. The maximum absolute atomic E-state index is 3.42. The van der Waals surface area contributed by atoms with Crippen molar-refractivity contribution < 1.29 is 0 Å². The molecule has 0 aromatic heterocycles. The largest absolute Gasteiger partial charge is 0.319 e. The summed E-state index contributed by atoms with van der Waals surface area (Å²) >= 11 is 0. The van der Waals surface area contributed by atoms with E-state index in [0.29, 0.717) is 5.41 Å². The normalized spacial score (nSPS) is 18.5. The van der Waals surface area contributed by atoms with Gasteiger partial charge in [0.05, 0.1) is 0 Å². The Morgan fingerprint density at radius 3 is 2.11 bits per heavy atom. The molecule has 1 saturated carbocycles. The Hall–Kier alpha value is -0.0800. The molecule has 2 heteroatoms. The number of rotatable bonds is 8. The van der Waals surface area contributed by atoms with E-state index in [4.69, 9.17) is 0 Å². The van der Waals surface area contributed by atoms with Crippen molar-refractivity contribution in [3.8, 4) is 0 Å². The quantitative estimate of drug-likeness (QED) is 0.711. The van der Waals surface area contributed by atoms with Crippen LogP contribution in [-0.2, 0) is 0 Å². The number of nitrogens with one attached hydrogen (secondary N) is 1. The lowest BCUT2D eigenvalue weighted by molar-refractivity contribution is 0.0857. The van der Waals surface area contributed by atoms with E-state index in [1.54, 1.807) is 0 Å². The first kappa shape index (κ1) is 16.0. The Kier molecular flexibility index (Phi) is 7.25. The molecular formula is C16H34N2. The van der Waals surface area contributed by atoms with Crippen LogP contribution in [-0.4, -0.2) is 37.6 Å². The van der Waals surface area contributed by atoms with Crippen LogP contribution in [0.25, 0.3) is 0 Å². The predicted molar refractivity (Wildman–Crippen MR) is 81.1 cm³/mol. The Morgan fingerprint density at radius 1 is 1.06 bits per heavy atom. The molecule has 0 saturated heterocycles. The van der Waals surface area contributed by atoms with Crippen LogP contribution in [0.3, 0.4) is 0 Å². The smallest absolute Gasteiger partial charge is 0.00953 e. The van der Waals surface area contributed by atoms with E-state index in [-0.39, 0.29) is 0 Å². The first-order chi connectivity index (χ1) is 8.71. The fourth-order valence-corrected chi connectivity index (χ4v) is 3.53. The van der Waals surface area contributed by atoms with Crippen molar-refractivity contribution in [2.24, 2.45) is 5.41 Å². The molecule has 1 rings (SSSR count). The standard InChI is InChI=1S/C16H34N2/c1-5-16(6-2,13-17-4)14-18(7-3)15-11-9-8-10-12-15/h15,17H,5-14H2,1-4H3. The zero-order chi connectivity index (χ0) is 13.4.